The van der Waals surface area contributed by atoms with Crippen molar-refractivity contribution in [1.29, 1.82) is 0 Å². The Bertz CT molecular complexity index is 759. The Balaban J connectivity index is 2.40. The molecule has 0 saturated heterocycles. The minimum Gasteiger partial charge on any atom is -0.345 e. The van der Waals surface area contributed by atoms with Gasteiger partial charge in [0.25, 0.3) is 5.91 Å². The molecule has 1 atom stereocenters. The van der Waals surface area contributed by atoms with Gasteiger partial charge in [-0.05, 0) is 46.1 Å². The van der Waals surface area contributed by atoms with Crippen molar-refractivity contribution < 1.29 is 4.79 Å². The molecule has 1 unspecified atom stereocenters. The summed E-state index contributed by atoms with van der Waals surface area (Å²) in [6, 6.07) is 16.3. The van der Waals surface area contributed by atoms with Crippen LogP contribution >= 0.6 is 0 Å². The normalized spacial score (nSPS) is 13.1. The van der Waals surface area contributed by atoms with Crippen LogP contribution < -0.4 is 5.32 Å². The lowest BCUT2D eigenvalue weighted by atomic mass is 9.79. The summed E-state index contributed by atoms with van der Waals surface area (Å²) < 4.78 is 0. The van der Waals surface area contributed by atoms with E-state index in [9.17, 15) is 4.79 Å². The quantitative estimate of drug-likeness (QED) is 0.618. The topological polar surface area (TPSA) is 29.1 Å². The molecule has 0 spiro atoms. The van der Waals surface area contributed by atoms with Crippen molar-refractivity contribution in [3.63, 3.8) is 0 Å². The van der Waals surface area contributed by atoms with E-state index >= 15 is 0 Å². The second-order valence-corrected chi connectivity index (χ2v) is 9.26. The number of rotatable bonds is 5. The molecule has 0 fully saturated rings. The number of nitrogens with one attached hydrogen (secondary N) is 1. The highest BCUT2D eigenvalue weighted by Gasteiger charge is 2.23. The molecule has 0 radical (unpaired) electrons. The molecule has 1 N–H and O–H groups in total. The Morgan fingerprint density at radius 2 is 1.48 bits per heavy atom. The highest BCUT2D eigenvalue weighted by atomic mass is 16.1. The van der Waals surface area contributed by atoms with Crippen molar-refractivity contribution in [3.8, 4) is 0 Å². The summed E-state index contributed by atoms with van der Waals surface area (Å²) in [5.74, 6) is -0.0395. The standard InChI is InChI=1S/C25H33NO/c1-8-12-22(18-13-10-9-11-14-18)26-23(27)19-15-20(24(2,3)4)17-21(16-19)25(5,6)7/h8-11,13-17,22H,1,12H2,2-7H3,(H,26,27). The van der Waals surface area contributed by atoms with Crippen molar-refractivity contribution >= 4 is 5.91 Å². The van der Waals surface area contributed by atoms with Crippen LogP contribution in [0.2, 0.25) is 0 Å². The lowest BCUT2D eigenvalue weighted by Crippen LogP contribution is -2.29. The Labute approximate surface area is 164 Å². The Hall–Kier alpha value is -2.35. The van der Waals surface area contributed by atoms with Crippen LogP contribution in [0.4, 0.5) is 0 Å². The summed E-state index contributed by atoms with van der Waals surface area (Å²) >= 11 is 0. The zero-order valence-corrected chi connectivity index (χ0v) is 17.6. The third-order valence-electron chi connectivity index (χ3n) is 4.84. The third kappa shape index (κ3) is 5.56. The molecule has 0 saturated carbocycles. The molecule has 1 amide bonds. The predicted octanol–water partition coefficient (Wildman–Crippen LogP) is 6.33. The van der Waals surface area contributed by atoms with Crippen molar-refractivity contribution in [2.24, 2.45) is 0 Å². The van der Waals surface area contributed by atoms with Crippen LogP contribution in [-0.4, -0.2) is 5.91 Å². The maximum absolute atomic E-state index is 13.1. The summed E-state index contributed by atoms with van der Waals surface area (Å²) in [7, 11) is 0. The first-order chi connectivity index (χ1) is 12.5. The fourth-order valence-corrected chi connectivity index (χ4v) is 3.00. The van der Waals surface area contributed by atoms with Crippen molar-refractivity contribution in [2.75, 3.05) is 0 Å². The minimum atomic E-state index is -0.0763. The van der Waals surface area contributed by atoms with E-state index in [1.165, 1.54) is 11.1 Å². The molecule has 0 bridgehead atoms. The molecule has 0 aliphatic rings. The zero-order chi connectivity index (χ0) is 20.2. The highest BCUT2D eigenvalue weighted by Crippen LogP contribution is 2.30. The van der Waals surface area contributed by atoms with E-state index in [0.717, 1.165) is 11.1 Å². The summed E-state index contributed by atoms with van der Waals surface area (Å²) in [4.78, 5) is 13.1. The number of carbonyl (C=O) groups excluding carboxylic acids is 1. The summed E-state index contributed by atoms with van der Waals surface area (Å²) in [6.07, 6.45) is 2.55. The van der Waals surface area contributed by atoms with Crippen LogP contribution in [0.25, 0.3) is 0 Å². The van der Waals surface area contributed by atoms with Gasteiger partial charge in [0.15, 0.2) is 0 Å². The second-order valence-electron chi connectivity index (χ2n) is 9.26. The lowest BCUT2D eigenvalue weighted by Gasteiger charge is -2.26. The first-order valence-electron chi connectivity index (χ1n) is 9.65. The number of benzene rings is 2. The number of hydrogen-bond acceptors (Lipinski definition) is 1. The molecule has 0 aliphatic carbocycles. The van der Waals surface area contributed by atoms with Gasteiger partial charge in [0.1, 0.15) is 0 Å². The molecule has 144 valence electrons. The molecule has 2 aromatic carbocycles. The zero-order valence-electron chi connectivity index (χ0n) is 17.6. The van der Waals surface area contributed by atoms with Gasteiger partial charge in [-0.1, -0.05) is 84.0 Å². The largest absolute Gasteiger partial charge is 0.345 e. The average Bonchev–Trinajstić information content (AvgIpc) is 2.60. The van der Waals surface area contributed by atoms with Gasteiger partial charge in [-0.3, -0.25) is 4.79 Å². The van der Waals surface area contributed by atoms with Crippen LogP contribution in [0.1, 0.15) is 81.1 Å². The fraction of sp³-hybridized carbons (Fsp3) is 0.400. The van der Waals surface area contributed by atoms with E-state index in [-0.39, 0.29) is 22.8 Å². The Kier molecular flexibility index (Phi) is 6.30. The summed E-state index contributed by atoms with van der Waals surface area (Å²) in [5.41, 5.74) is 4.14. The maximum Gasteiger partial charge on any atom is 0.251 e. The molecule has 0 aromatic heterocycles. The van der Waals surface area contributed by atoms with Crippen molar-refractivity contribution in [1.82, 2.24) is 5.32 Å². The number of carbonyl (C=O) groups is 1. The molecular formula is C25H33NO. The van der Waals surface area contributed by atoms with Gasteiger partial charge in [0.05, 0.1) is 6.04 Å². The van der Waals surface area contributed by atoms with Gasteiger partial charge in [-0.15, -0.1) is 6.58 Å². The van der Waals surface area contributed by atoms with Gasteiger partial charge in [0.2, 0.25) is 0 Å². The molecule has 2 rings (SSSR count). The molecular weight excluding hydrogens is 330 g/mol. The fourth-order valence-electron chi connectivity index (χ4n) is 3.00. The van der Waals surface area contributed by atoms with Gasteiger partial charge < -0.3 is 5.32 Å². The minimum absolute atomic E-state index is 0.0176. The molecule has 2 nitrogen and oxygen atoms in total. The predicted molar refractivity (Wildman–Crippen MR) is 115 cm³/mol. The smallest absolute Gasteiger partial charge is 0.251 e. The van der Waals surface area contributed by atoms with E-state index < -0.39 is 0 Å². The Morgan fingerprint density at radius 3 is 1.93 bits per heavy atom. The third-order valence-corrected chi connectivity index (χ3v) is 4.84. The number of hydrogen-bond donors (Lipinski definition) is 1. The highest BCUT2D eigenvalue weighted by molar-refractivity contribution is 5.95. The van der Waals surface area contributed by atoms with Crippen molar-refractivity contribution in [3.05, 3.63) is 83.4 Å². The van der Waals surface area contributed by atoms with Crippen LogP contribution in [-0.2, 0) is 10.8 Å². The van der Waals surface area contributed by atoms with E-state index in [1.807, 2.05) is 48.5 Å². The van der Waals surface area contributed by atoms with E-state index in [2.05, 4.69) is 59.5 Å². The van der Waals surface area contributed by atoms with E-state index in [1.54, 1.807) is 0 Å². The number of amides is 1. The molecule has 27 heavy (non-hydrogen) atoms. The van der Waals surface area contributed by atoms with Crippen LogP contribution in [0.5, 0.6) is 0 Å². The van der Waals surface area contributed by atoms with Crippen LogP contribution in [0.3, 0.4) is 0 Å². The first kappa shape index (κ1) is 21.0. The Morgan fingerprint density at radius 1 is 0.963 bits per heavy atom. The first-order valence-corrected chi connectivity index (χ1v) is 9.65. The molecule has 0 heterocycles. The average molecular weight is 364 g/mol. The maximum atomic E-state index is 13.1. The monoisotopic (exact) mass is 363 g/mol. The van der Waals surface area contributed by atoms with Gasteiger partial charge in [0, 0.05) is 5.56 Å². The van der Waals surface area contributed by atoms with Crippen molar-refractivity contribution in [2.45, 2.75) is 64.8 Å². The summed E-state index contributed by atoms with van der Waals surface area (Å²) in [6.45, 7) is 16.9. The second kappa shape index (κ2) is 8.12. The SMILES string of the molecule is C=CCC(NC(=O)c1cc(C(C)(C)C)cc(C(C)(C)C)c1)c1ccccc1. The van der Waals surface area contributed by atoms with Gasteiger partial charge >= 0.3 is 0 Å². The van der Waals surface area contributed by atoms with Crippen LogP contribution in [0, 0.1) is 0 Å². The van der Waals surface area contributed by atoms with Gasteiger partial charge in [-0.2, -0.15) is 0 Å². The lowest BCUT2D eigenvalue weighted by molar-refractivity contribution is 0.0936. The summed E-state index contributed by atoms with van der Waals surface area (Å²) in [5, 5.41) is 3.20. The molecule has 2 aromatic rings. The molecule has 0 aliphatic heterocycles. The van der Waals surface area contributed by atoms with E-state index in [0.29, 0.717) is 6.42 Å². The van der Waals surface area contributed by atoms with E-state index in [4.69, 9.17) is 0 Å². The van der Waals surface area contributed by atoms with Crippen LogP contribution in [0.15, 0.2) is 61.2 Å². The molecule has 2 heteroatoms. The van der Waals surface area contributed by atoms with Gasteiger partial charge in [-0.25, -0.2) is 0 Å².